The van der Waals surface area contributed by atoms with Gasteiger partial charge in [0.15, 0.2) is 0 Å². The summed E-state index contributed by atoms with van der Waals surface area (Å²) in [5.74, 6) is 0. The van der Waals surface area contributed by atoms with Gasteiger partial charge in [-0.1, -0.05) is 55.4 Å². The Balaban J connectivity index is -0.00000000762. The number of hydrogen-bond acceptors (Lipinski definition) is 0. The maximum absolute atomic E-state index is 2.00. The molecule has 0 amide bonds. The molecule has 0 radical (unpaired) electrons. The van der Waals surface area contributed by atoms with Crippen molar-refractivity contribution in [2.24, 2.45) is 0 Å². The molecule has 0 spiro atoms. The van der Waals surface area contributed by atoms with Crippen LogP contribution in [0.3, 0.4) is 0 Å². The van der Waals surface area contributed by atoms with E-state index >= 15 is 0 Å². The quantitative estimate of drug-likeness (QED) is 0.612. The third-order valence-corrected chi connectivity index (χ3v) is 0. The summed E-state index contributed by atoms with van der Waals surface area (Å²) < 4.78 is 0. The summed E-state index contributed by atoms with van der Waals surface area (Å²) in [5.41, 5.74) is 0. The molecule has 0 rings (SSSR count). The summed E-state index contributed by atoms with van der Waals surface area (Å²) in [5, 5.41) is 0. The minimum absolute atomic E-state index is 0. The normalized spacial score (nSPS) is 2.67. The van der Waals surface area contributed by atoms with Gasteiger partial charge in [0.25, 0.3) is 0 Å². The van der Waals surface area contributed by atoms with Gasteiger partial charge in [-0.3, -0.25) is 0 Å². The van der Waals surface area contributed by atoms with Crippen LogP contribution in [0.25, 0.3) is 0 Å². The van der Waals surface area contributed by atoms with E-state index in [2.05, 4.69) is 0 Å². The third kappa shape index (κ3) is 407. The Labute approximate surface area is 86.2 Å². The van der Waals surface area contributed by atoms with Crippen molar-refractivity contribution in [1.29, 1.82) is 0 Å². The van der Waals surface area contributed by atoms with Crippen LogP contribution >= 0.6 is 0 Å². The zero-order valence-electron chi connectivity index (χ0n) is 8.50. The molecule has 0 aromatic carbocycles. The summed E-state index contributed by atoms with van der Waals surface area (Å²) in [6, 6.07) is 0. The van der Waals surface area contributed by atoms with Gasteiger partial charge in [-0.15, -0.1) is 0 Å². The second-order valence-electron chi connectivity index (χ2n) is 0. The fraction of sp³-hybridized carbons (Fsp3) is 1.00. The van der Waals surface area contributed by atoms with E-state index in [1.165, 1.54) is 0 Å². The molecule has 1 heteroatoms. The topological polar surface area (TPSA) is 0 Å². The number of hydrogen-bond donors (Lipinski definition) is 0. The summed E-state index contributed by atoms with van der Waals surface area (Å²) in [4.78, 5) is 0. The molecule has 0 fully saturated rings. The van der Waals surface area contributed by atoms with E-state index < -0.39 is 0 Å². The van der Waals surface area contributed by atoms with Crippen molar-refractivity contribution in [2.45, 2.75) is 55.4 Å². The zero-order chi connectivity index (χ0) is 8.00. The Morgan fingerprint density at radius 1 is 0.333 bits per heavy atom. The largest absolute Gasteiger partial charge is 0.0683 e. The van der Waals surface area contributed by atoms with Crippen molar-refractivity contribution < 1.29 is 31.1 Å². The molecule has 0 nitrogen and oxygen atoms in total. The monoisotopic (exact) mass is 358 g/mol. The average molecular weight is 358 g/mol. The summed E-state index contributed by atoms with van der Waals surface area (Å²) in [6.45, 7) is 16.0. The maximum Gasteiger partial charge on any atom is 0 e. The van der Waals surface area contributed by atoms with Crippen LogP contribution in [-0.4, -0.2) is 0 Å². The van der Waals surface area contributed by atoms with Crippen molar-refractivity contribution in [3.05, 3.63) is 0 Å². The Kier molecular flexibility index (Phi) is 1900. The number of rotatable bonds is 0. The van der Waals surface area contributed by atoms with E-state index in [1.807, 2.05) is 55.4 Å². The second kappa shape index (κ2) is 530. The zero-order valence-corrected chi connectivity index (χ0v) is 12.7. The van der Waals surface area contributed by atoms with Crippen molar-refractivity contribution in [2.75, 3.05) is 0 Å². The standard InChI is InChI=1S/4C2H6.U/c4*1-2;/h4*1-2H3;. The fourth-order valence-electron chi connectivity index (χ4n) is 0. The van der Waals surface area contributed by atoms with Crippen LogP contribution in [0.4, 0.5) is 0 Å². The van der Waals surface area contributed by atoms with Crippen LogP contribution < -0.4 is 0 Å². The van der Waals surface area contributed by atoms with Gasteiger partial charge in [0.05, 0.1) is 0 Å². The molecule has 0 atom stereocenters. The molecule has 0 saturated carbocycles. The molecule has 0 aromatic heterocycles. The average Bonchev–Trinajstić information content (AvgIpc) is 2.03. The fourth-order valence-corrected chi connectivity index (χ4v) is 0. The Bertz CT molecular complexity index is 4.53. The first kappa shape index (κ1) is 32.3. The predicted molar refractivity (Wildman–Crippen MR) is 45.4 cm³/mol. The van der Waals surface area contributed by atoms with Gasteiger partial charge in [-0.05, 0) is 0 Å². The summed E-state index contributed by atoms with van der Waals surface area (Å²) in [7, 11) is 0. The molecule has 0 aliphatic rings. The Morgan fingerprint density at radius 2 is 0.333 bits per heavy atom. The van der Waals surface area contributed by atoms with Crippen molar-refractivity contribution in [3.63, 3.8) is 0 Å². The summed E-state index contributed by atoms with van der Waals surface area (Å²) >= 11 is 0. The Hall–Kier alpha value is 1.05. The van der Waals surface area contributed by atoms with Gasteiger partial charge in [0.2, 0.25) is 0 Å². The molecule has 0 aliphatic heterocycles. The van der Waals surface area contributed by atoms with Crippen molar-refractivity contribution >= 4 is 0 Å². The van der Waals surface area contributed by atoms with Crippen molar-refractivity contribution in [1.82, 2.24) is 0 Å². The van der Waals surface area contributed by atoms with Gasteiger partial charge >= 0.3 is 0 Å². The molecule has 9 heavy (non-hydrogen) atoms. The van der Waals surface area contributed by atoms with Crippen LogP contribution in [0, 0.1) is 31.1 Å². The molecule has 0 saturated heterocycles. The molecule has 0 unspecified atom stereocenters. The molecular formula is C8H24U. The first-order chi connectivity index (χ1) is 4.00. The minimum atomic E-state index is 0. The molecule has 60 valence electrons. The minimum Gasteiger partial charge on any atom is -0.0683 e. The predicted octanol–water partition coefficient (Wildman–Crippen LogP) is 4.10. The van der Waals surface area contributed by atoms with Crippen LogP contribution in [0.15, 0.2) is 0 Å². The van der Waals surface area contributed by atoms with E-state index in [0.29, 0.717) is 0 Å². The molecular weight excluding hydrogens is 334 g/mol. The SMILES string of the molecule is CC.CC.CC.CC.[U]. The molecule has 0 aromatic rings. The van der Waals surface area contributed by atoms with Crippen LogP contribution in [0.2, 0.25) is 0 Å². The van der Waals surface area contributed by atoms with E-state index in [4.69, 9.17) is 0 Å². The van der Waals surface area contributed by atoms with E-state index in [1.54, 1.807) is 0 Å². The smallest absolute Gasteiger partial charge is 0 e. The van der Waals surface area contributed by atoms with Crippen LogP contribution in [-0.2, 0) is 0 Å². The van der Waals surface area contributed by atoms with Crippen LogP contribution in [0.1, 0.15) is 55.4 Å². The third-order valence-electron chi connectivity index (χ3n) is 0. The molecule has 0 aliphatic carbocycles. The van der Waals surface area contributed by atoms with Gasteiger partial charge in [0.1, 0.15) is 0 Å². The second-order valence-corrected chi connectivity index (χ2v) is 0. The maximum atomic E-state index is 2.00. The van der Waals surface area contributed by atoms with Gasteiger partial charge in [-0.2, -0.15) is 0 Å². The van der Waals surface area contributed by atoms with Gasteiger partial charge < -0.3 is 0 Å². The molecule has 0 heterocycles. The van der Waals surface area contributed by atoms with E-state index in [9.17, 15) is 0 Å². The van der Waals surface area contributed by atoms with Crippen LogP contribution in [0.5, 0.6) is 0 Å². The van der Waals surface area contributed by atoms with E-state index in [-0.39, 0.29) is 31.1 Å². The molecule has 0 N–H and O–H groups in total. The van der Waals surface area contributed by atoms with Gasteiger partial charge in [0, 0.05) is 31.1 Å². The summed E-state index contributed by atoms with van der Waals surface area (Å²) in [6.07, 6.45) is 0. The van der Waals surface area contributed by atoms with Crippen molar-refractivity contribution in [3.8, 4) is 0 Å². The Morgan fingerprint density at radius 3 is 0.333 bits per heavy atom. The molecule has 0 bridgehead atoms. The first-order valence-corrected chi connectivity index (χ1v) is 4.00. The van der Waals surface area contributed by atoms with Gasteiger partial charge in [-0.25, -0.2) is 0 Å². The first-order valence-electron chi connectivity index (χ1n) is 4.00. The van der Waals surface area contributed by atoms with E-state index in [0.717, 1.165) is 0 Å².